The molecule has 0 spiro atoms. The van der Waals surface area contributed by atoms with Crippen LogP contribution in [-0.4, -0.2) is 41.3 Å². The van der Waals surface area contributed by atoms with E-state index in [0.29, 0.717) is 29.2 Å². The molecule has 0 bridgehead atoms. The van der Waals surface area contributed by atoms with Crippen LogP contribution >= 0.6 is 0 Å². The lowest BCUT2D eigenvalue weighted by Gasteiger charge is -2.33. The molecule has 166 valence electrons. The Balaban J connectivity index is 1.83. The maximum atomic E-state index is 14.7. The molecule has 2 N–H and O–H groups in total. The number of hydrogen-bond donors (Lipinski definition) is 1. The van der Waals surface area contributed by atoms with Gasteiger partial charge in [0.25, 0.3) is 0 Å². The predicted octanol–water partition coefficient (Wildman–Crippen LogP) is 4.29. The van der Waals surface area contributed by atoms with Crippen molar-refractivity contribution in [2.24, 2.45) is 16.6 Å². The number of fused-ring (bicyclic) bond motifs is 1. The van der Waals surface area contributed by atoms with Crippen molar-refractivity contribution in [2.75, 3.05) is 25.0 Å². The number of anilines is 1. The quantitative estimate of drug-likeness (QED) is 0.604. The smallest absolute Gasteiger partial charge is 0.228 e. The molecule has 0 amide bonds. The van der Waals surface area contributed by atoms with E-state index in [1.807, 2.05) is 19.1 Å². The van der Waals surface area contributed by atoms with Crippen molar-refractivity contribution in [3.8, 4) is 11.3 Å². The Morgan fingerprint density at radius 3 is 2.78 bits per heavy atom. The second-order valence-corrected chi connectivity index (χ2v) is 7.86. The molecule has 1 unspecified atom stereocenters. The summed E-state index contributed by atoms with van der Waals surface area (Å²) < 4.78 is 28.3. The van der Waals surface area contributed by atoms with Gasteiger partial charge in [-0.25, -0.2) is 18.7 Å². The van der Waals surface area contributed by atoms with Gasteiger partial charge < -0.3 is 10.6 Å². The summed E-state index contributed by atoms with van der Waals surface area (Å²) in [4.78, 5) is 20.3. The van der Waals surface area contributed by atoms with E-state index < -0.39 is 11.6 Å². The van der Waals surface area contributed by atoms with Crippen LogP contribution in [0.5, 0.6) is 0 Å². The predicted molar refractivity (Wildman–Crippen MR) is 124 cm³/mol. The number of aromatic nitrogens is 3. The van der Waals surface area contributed by atoms with Crippen LogP contribution in [0.25, 0.3) is 22.3 Å². The average Bonchev–Trinajstić information content (AvgIpc) is 2.81. The van der Waals surface area contributed by atoms with E-state index in [1.165, 1.54) is 12.1 Å². The van der Waals surface area contributed by atoms with E-state index in [2.05, 4.69) is 14.9 Å². The molecule has 1 aromatic carbocycles. The molecule has 1 aliphatic rings. The summed E-state index contributed by atoms with van der Waals surface area (Å²) in [7, 11) is 1.72. The van der Waals surface area contributed by atoms with E-state index >= 15 is 0 Å². The Labute approximate surface area is 185 Å². The second kappa shape index (κ2) is 9.38. The highest BCUT2D eigenvalue weighted by Crippen LogP contribution is 2.32. The van der Waals surface area contributed by atoms with E-state index in [4.69, 9.17) is 15.7 Å². The van der Waals surface area contributed by atoms with Gasteiger partial charge in [-0.2, -0.15) is 4.98 Å². The molecular weight excluding hydrogens is 410 g/mol. The maximum absolute atomic E-state index is 14.7. The first-order valence-corrected chi connectivity index (χ1v) is 10.8. The standard InChI is InChI=1S/C24H26F2N6/c1-3-18-7-9-20-22(19-8-6-17(25)11-21(19)26)30-24(31-23(20)29-18)32-10-4-5-15(14-32)16(12-27)13-28-2/h6-9,11-13,15H,3-5,10,14,27H2,1-2H3. The van der Waals surface area contributed by atoms with Crippen LogP contribution in [0.2, 0.25) is 0 Å². The zero-order chi connectivity index (χ0) is 22.7. The van der Waals surface area contributed by atoms with E-state index in [0.717, 1.165) is 43.1 Å². The number of rotatable bonds is 5. The molecule has 3 heterocycles. The van der Waals surface area contributed by atoms with Crippen molar-refractivity contribution < 1.29 is 8.78 Å². The highest BCUT2D eigenvalue weighted by Gasteiger charge is 2.25. The van der Waals surface area contributed by atoms with E-state index in [1.54, 1.807) is 19.5 Å². The number of benzene rings is 1. The van der Waals surface area contributed by atoms with Crippen molar-refractivity contribution in [1.29, 1.82) is 0 Å². The van der Waals surface area contributed by atoms with Crippen molar-refractivity contribution in [3.05, 3.63) is 59.4 Å². The van der Waals surface area contributed by atoms with Gasteiger partial charge in [0, 0.05) is 55.0 Å². The average molecular weight is 437 g/mol. The number of nitrogens with zero attached hydrogens (tertiary/aromatic N) is 5. The molecule has 1 aliphatic heterocycles. The van der Waals surface area contributed by atoms with Crippen LogP contribution in [0.1, 0.15) is 25.5 Å². The molecule has 6 nitrogen and oxygen atoms in total. The van der Waals surface area contributed by atoms with Crippen LogP contribution in [-0.2, 0) is 6.42 Å². The Bertz CT molecular complexity index is 1190. The number of nitrogens with two attached hydrogens (primary N) is 1. The zero-order valence-electron chi connectivity index (χ0n) is 18.2. The number of aliphatic imine (C=N–C) groups is 1. The van der Waals surface area contributed by atoms with Gasteiger partial charge in [-0.15, -0.1) is 0 Å². The van der Waals surface area contributed by atoms with Crippen LogP contribution < -0.4 is 10.6 Å². The minimum atomic E-state index is -0.667. The lowest BCUT2D eigenvalue weighted by atomic mass is 9.91. The molecule has 32 heavy (non-hydrogen) atoms. The fraction of sp³-hybridized carbons (Fsp3) is 0.333. The van der Waals surface area contributed by atoms with Crippen LogP contribution in [0.4, 0.5) is 14.7 Å². The van der Waals surface area contributed by atoms with Gasteiger partial charge in [-0.1, -0.05) is 6.92 Å². The third kappa shape index (κ3) is 4.30. The number of hydrogen-bond acceptors (Lipinski definition) is 6. The van der Waals surface area contributed by atoms with Crippen LogP contribution in [0.15, 0.2) is 47.1 Å². The lowest BCUT2D eigenvalue weighted by molar-refractivity contribution is 0.471. The molecule has 0 saturated carbocycles. The summed E-state index contributed by atoms with van der Waals surface area (Å²) >= 11 is 0. The van der Waals surface area contributed by atoms with Crippen LogP contribution in [0, 0.1) is 17.6 Å². The Morgan fingerprint density at radius 1 is 1.22 bits per heavy atom. The molecule has 8 heteroatoms. The second-order valence-electron chi connectivity index (χ2n) is 7.86. The van der Waals surface area contributed by atoms with Gasteiger partial charge in [-0.05, 0) is 55.3 Å². The lowest BCUT2D eigenvalue weighted by Crippen LogP contribution is -2.37. The van der Waals surface area contributed by atoms with E-state index in [9.17, 15) is 8.78 Å². The first-order valence-electron chi connectivity index (χ1n) is 10.8. The molecular formula is C24H26F2N6. The third-order valence-electron chi connectivity index (χ3n) is 5.80. The molecule has 1 fully saturated rings. The highest BCUT2D eigenvalue weighted by molar-refractivity contribution is 5.91. The minimum absolute atomic E-state index is 0.192. The molecule has 1 saturated heterocycles. The Morgan fingerprint density at radius 2 is 2.06 bits per heavy atom. The number of pyridine rings is 1. The Kier molecular flexibility index (Phi) is 6.39. The van der Waals surface area contributed by atoms with Gasteiger partial charge in [0.05, 0.1) is 5.69 Å². The zero-order valence-corrected chi connectivity index (χ0v) is 18.2. The summed E-state index contributed by atoms with van der Waals surface area (Å²) in [6.07, 6.45) is 6.05. The number of halogens is 2. The normalized spacial score (nSPS) is 17.4. The summed E-state index contributed by atoms with van der Waals surface area (Å²) in [6.45, 7) is 3.45. The van der Waals surface area contributed by atoms with Gasteiger partial charge in [-0.3, -0.25) is 4.99 Å². The van der Waals surface area contributed by atoms with Crippen LogP contribution in [0.3, 0.4) is 0 Å². The fourth-order valence-electron chi connectivity index (χ4n) is 4.13. The van der Waals surface area contributed by atoms with Crippen molar-refractivity contribution >= 4 is 23.2 Å². The summed E-state index contributed by atoms with van der Waals surface area (Å²) in [6, 6.07) is 7.26. The summed E-state index contributed by atoms with van der Waals surface area (Å²) in [5, 5.41) is 0.630. The molecule has 3 aromatic rings. The molecule has 4 rings (SSSR count). The largest absolute Gasteiger partial charge is 0.404 e. The number of aryl methyl sites for hydroxylation is 1. The first-order chi connectivity index (χ1) is 15.5. The van der Waals surface area contributed by atoms with Crippen molar-refractivity contribution in [1.82, 2.24) is 15.0 Å². The SMILES string of the molecule is CCc1ccc2c(-c3ccc(F)cc3F)nc(N3CCCC(C(C=NC)=CN)C3)nc2n1. The summed E-state index contributed by atoms with van der Waals surface area (Å²) in [5.41, 5.74) is 8.81. The number of piperidine rings is 1. The van der Waals surface area contributed by atoms with Crippen molar-refractivity contribution in [3.63, 3.8) is 0 Å². The maximum Gasteiger partial charge on any atom is 0.228 e. The molecule has 1 atom stereocenters. The van der Waals surface area contributed by atoms with Gasteiger partial charge in [0.15, 0.2) is 5.65 Å². The molecule has 2 aromatic heterocycles. The fourth-order valence-corrected chi connectivity index (χ4v) is 4.13. The van der Waals surface area contributed by atoms with E-state index in [-0.39, 0.29) is 11.5 Å². The summed E-state index contributed by atoms with van der Waals surface area (Å²) in [5.74, 6) is -0.627. The monoisotopic (exact) mass is 436 g/mol. The van der Waals surface area contributed by atoms with Gasteiger partial charge >= 0.3 is 0 Å². The Hall–Kier alpha value is -3.42. The highest BCUT2D eigenvalue weighted by atomic mass is 19.1. The van der Waals surface area contributed by atoms with Gasteiger partial charge in [0.1, 0.15) is 11.6 Å². The molecule has 0 radical (unpaired) electrons. The first kappa shape index (κ1) is 21.8. The minimum Gasteiger partial charge on any atom is -0.404 e. The third-order valence-corrected chi connectivity index (χ3v) is 5.80. The topological polar surface area (TPSA) is 80.3 Å². The van der Waals surface area contributed by atoms with Gasteiger partial charge in [0.2, 0.25) is 5.95 Å². The molecule has 0 aliphatic carbocycles. The van der Waals surface area contributed by atoms with Crippen molar-refractivity contribution in [2.45, 2.75) is 26.2 Å².